The molecule has 0 fully saturated rings. The van der Waals surface area contributed by atoms with Gasteiger partial charge in [-0.15, -0.1) is 0 Å². The molecule has 1 unspecified atom stereocenters. The molecule has 1 aromatic carbocycles. The highest BCUT2D eigenvalue weighted by molar-refractivity contribution is 7.89. The summed E-state index contributed by atoms with van der Waals surface area (Å²) < 4.78 is 66.7. The highest BCUT2D eigenvalue weighted by Gasteiger charge is 2.68. The molecule has 1 aromatic rings. The van der Waals surface area contributed by atoms with Gasteiger partial charge in [-0.3, -0.25) is 4.79 Å². The molecule has 128 valence electrons. The second kappa shape index (κ2) is 5.77. The summed E-state index contributed by atoms with van der Waals surface area (Å²) in [5, 5.41) is 11.0. The van der Waals surface area contributed by atoms with Gasteiger partial charge < -0.3 is 5.32 Å². The van der Waals surface area contributed by atoms with Crippen molar-refractivity contribution in [3.05, 3.63) is 40.6 Å². The van der Waals surface area contributed by atoms with E-state index in [9.17, 15) is 26.4 Å². The van der Waals surface area contributed by atoms with Gasteiger partial charge >= 0.3 is 6.18 Å². The van der Waals surface area contributed by atoms with Gasteiger partial charge in [0.05, 0.1) is 16.5 Å². The lowest BCUT2D eigenvalue weighted by molar-refractivity contribution is -0.183. The molecule has 2 rings (SSSR count). The highest BCUT2D eigenvalue weighted by Crippen LogP contribution is 2.41. The average Bonchev–Trinajstić information content (AvgIpc) is 2.69. The number of rotatable bonds is 3. The van der Waals surface area contributed by atoms with Crippen LogP contribution in [0.1, 0.15) is 6.92 Å². The van der Waals surface area contributed by atoms with E-state index in [2.05, 4.69) is 0 Å². The first kappa shape index (κ1) is 18.3. The zero-order chi connectivity index (χ0) is 18.3. The van der Waals surface area contributed by atoms with Crippen LogP contribution in [0.15, 0.2) is 40.4 Å². The van der Waals surface area contributed by atoms with E-state index in [1.54, 1.807) is 0 Å². The predicted molar refractivity (Wildman–Crippen MR) is 77.0 cm³/mol. The van der Waals surface area contributed by atoms with Gasteiger partial charge in [0.25, 0.3) is 5.91 Å². The van der Waals surface area contributed by atoms with Crippen LogP contribution in [0.5, 0.6) is 0 Å². The molecule has 6 nitrogen and oxygen atoms in total. The molecule has 0 saturated carbocycles. The molecule has 0 spiro atoms. The summed E-state index contributed by atoms with van der Waals surface area (Å²) in [7, 11) is -4.78. The largest absolute Gasteiger partial charge is 0.421 e. The van der Waals surface area contributed by atoms with E-state index in [0.29, 0.717) is 0 Å². The normalized spacial score (nSPS) is 21.6. The molecule has 0 bridgehead atoms. The lowest BCUT2D eigenvalue weighted by Crippen LogP contribution is -2.64. The number of benzene rings is 1. The number of carbonyl (C=O) groups excluding carboxylic acids is 1. The maximum absolute atomic E-state index is 13.6. The van der Waals surface area contributed by atoms with Crippen LogP contribution in [0.4, 0.5) is 13.2 Å². The van der Waals surface area contributed by atoms with Crippen LogP contribution in [0.2, 0.25) is 5.02 Å². The fourth-order valence-corrected chi connectivity index (χ4v) is 3.64. The Labute approximate surface area is 140 Å². The number of halogens is 4. The molecule has 0 aromatic heterocycles. The van der Waals surface area contributed by atoms with Crippen molar-refractivity contribution in [2.24, 2.45) is 0 Å². The van der Waals surface area contributed by atoms with Gasteiger partial charge in [-0.1, -0.05) is 11.6 Å². The van der Waals surface area contributed by atoms with Crippen LogP contribution in [0.3, 0.4) is 0 Å². The average molecular weight is 380 g/mol. The number of hydrogen-bond acceptors (Lipinski definition) is 4. The Kier molecular flexibility index (Phi) is 4.39. The van der Waals surface area contributed by atoms with Crippen LogP contribution in [0.25, 0.3) is 0 Å². The van der Waals surface area contributed by atoms with Gasteiger partial charge in [0.2, 0.25) is 15.6 Å². The predicted octanol–water partition coefficient (Wildman–Crippen LogP) is 1.85. The van der Waals surface area contributed by atoms with Gasteiger partial charge in [-0.25, -0.2) is 8.42 Å². The van der Waals surface area contributed by atoms with Crippen molar-refractivity contribution >= 4 is 27.5 Å². The number of carbonyl (C=O) groups is 1. The third kappa shape index (κ3) is 2.75. The third-order valence-corrected chi connectivity index (χ3v) is 5.06. The topological polar surface area (TPSA) is 99.1 Å². The number of hydrogen-bond donors (Lipinski definition) is 2. The molecule has 0 aliphatic carbocycles. The van der Waals surface area contributed by atoms with Crippen molar-refractivity contribution in [2.45, 2.75) is 23.5 Å². The Morgan fingerprint density at radius 1 is 1.29 bits per heavy atom. The van der Waals surface area contributed by atoms with Crippen LogP contribution < -0.4 is 10.0 Å². The Morgan fingerprint density at radius 2 is 1.83 bits per heavy atom. The van der Waals surface area contributed by atoms with E-state index >= 15 is 0 Å². The fraction of sp³-hybridized carbons (Fsp3) is 0.231. The number of sulfonamides is 1. The van der Waals surface area contributed by atoms with E-state index in [1.165, 1.54) is 10.8 Å². The third-order valence-electron chi connectivity index (χ3n) is 3.34. The van der Waals surface area contributed by atoms with E-state index < -0.39 is 38.1 Å². The molecule has 24 heavy (non-hydrogen) atoms. The van der Waals surface area contributed by atoms with Crippen molar-refractivity contribution < 1.29 is 26.4 Å². The molecule has 1 amide bonds. The summed E-state index contributed by atoms with van der Waals surface area (Å²) in [6, 6.07) is 5.53. The minimum Gasteiger partial charge on any atom is -0.327 e. The minimum atomic E-state index is -5.38. The highest BCUT2D eigenvalue weighted by atomic mass is 35.5. The zero-order valence-electron chi connectivity index (χ0n) is 11.9. The van der Waals surface area contributed by atoms with E-state index in [4.69, 9.17) is 16.9 Å². The van der Waals surface area contributed by atoms with Crippen LogP contribution in [0, 0.1) is 11.3 Å². The standard InChI is InChI=1S/C13H9ClF3N3O3S/c1-7-10(6-18)12(11(21)19-7,13(15,16)17)20-24(22,23)9-4-2-8(14)3-5-9/h2-5,20H,1H3,(H,19,21). The van der Waals surface area contributed by atoms with E-state index in [-0.39, 0.29) is 10.7 Å². The maximum atomic E-state index is 13.6. The summed E-state index contributed by atoms with van der Waals surface area (Å²) >= 11 is 5.61. The summed E-state index contributed by atoms with van der Waals surface area (Å²) in [5.41, 5.74) is -5.12. The van der Waals surface area contributed by atoms with Gasteiger partial charge in [0.1, 0.15) is 0 Å². The quantitative estimate of drug-likeness (QED) is 0.837. The lowest BCUT2D eigenvalue weighted by Gasteiger charge is -2.30. The van der Waals surface area contributed by atoms with Crippen LogP contribution in [-0.2, 0) is 14.8 Å². The first-order chi connectivity index (χ1) is 11.0. The van der Waals surface area contributed by atoms with Gasteiger partial charge in [0.15, 0.2) is 0 Å². The Hall–Kier alpha value is -2.09. The molecular weight excluding hydrogens is 371 g/mol. The van der Waals surface area contributed by atoms with Gasteiger partial charge in [-0.05, 0) is 31.2 Å². The molecule has 1 heterocycles. The van der Waals surface area contributed by atoms with Crippen molar-refractivity contribution in [3.63, 3.8) is 0 Å². The summed E-state index contributed by atoms with van der Waals surface area (Å²) in [6.07, 6.45) is -5.38. The van der Waals surface area contributed by atoms with E-state index in [1.807, 2.05) is 5.32 Å². The zero-order valence-corrected chi connectivity index (χ0v) is 13.5. The second-order valence-electron chi connectivity index (χ2n) is 4.87. The number of nitriles is 1. The molecule has 1 aliphatic heterocycles. The molecule has 11 heteroatoms. The smallest absolute Gasteiger partial charge is 0.327 e. The fourth-order valence-electron chi connectivity index (χ4n) is 2.19. The number of allylic oxidation sites excluding steroid dienone is 1. The molecule has 0 radical (unpaired) electrons. The molecule has 0 saturated heterocycles. The van der Waals surface area contributed by atoms with Crippen LogP contribution in [-0.4, -0.2) is 26.0 Å². The van der Waals surface area contributed by atoms with Gasteiger partial charge in [-0.2, -0.15) is 23.2 Å². The minimum absolute atomic E-state index is 0.173. The van der Waals surface area contributed by atoms with Gasteiger partial charge in [0, 0.05) is 10.7 Å². The van der Waals surface area contributed by atoms with Crippen molar-refractivity contribution in [1.29, 1.82) is 5.26 Å². The summed E-state index contributed by atoms with van der Waals surface area (Å²) in [4.78, 5) is 11.4. The second-order valence-corrected chi connectivity index (χ2v) is 6.99. The number of alkyl halides is 3. The van der Waals surface area contributed by atoms with Crippen molar-refractivity contribution in [3.8, 4) is 6.07 Å². The molecule has 1 aliphatic rings. The Bertz CT molecular complexity index is 872. The summed E-state index contributed by atoms with van der Waals surface area (Å²) in [6.45, 7) is 1.07. The number of nitrogens with zero attached hydrogens (tertiary/aromatic N) is 1. The number of nitrogens with one attached hydrogen (secondary N) is 2. The van der Waals surface area contributed by atoms with Crippen molar-refractivity contribution in [2.75, 3.05) is 0 Å². The van der Waals surface area contributed by atoms with Crippen LogP contribution >= 0.6 is 11.6 Å². The Morgan fingerprint density at radius 3 is 2.29 bits per heavy atom. The monoisotopic (exact) mass is 379 g/mol. The molecule has 2 N–H and O–H groups in total. The lowest BCUT2D eigenvalue weighted by atomic mass is 9.92. The maximum Gasteiger partial charge on any atom is 0.421 e. The van der Waals surface area contributed by atoms with Crippen molar-refractivity contribution in [1.82, 2.24) is 10.0 Å². The summed E-state index contributed by atoms with van der Waals surface area (Å²) in [5.74, 6) is -1.69. The van der Waals surface area contributed by atoms with E-state index in [0.717, 1.165) is 31.2 Å². The number of amides is 1. The SMILES string of the molecule is CC1=C(C#N)C(NS(=O)(=O)c2ccc(Cl)cc2)(C(F)(F)F)C(=O)N1. The molecular formula is C13H9ClF3N3O3S. The molecule has 1 atom stereocenters. The Balaban J connectivity index is 2.63. The first-order valence-electron chi connectivity index (χ1n) is 6.25. The first-order valence-corrected chi connectivity index (χ1v) is 8.11.